The van der Waals surface area contributed by atoms with Gasteiger partial charge in [-0.05, 0) is 36.8 Å². The van der Waals surface area contributed by atoms with Crippen LogP contribution in [-0.4, -0.2) is 30.8 Å². The van der Waals surface area contributed by atoms with E-state index in [0.717, 1.165) is 17.1 Å². The van der Waals surface area contributed by atoms with E-state index in [9.17, 15) is 4.79 Å². The minimum absolute atomic E-state index is 0.000369. The number of hydrogen-bond acceptors (Lipinski definition) is 4. The van der Waals surface area contributed by atoms with Gasteiger partial charge in [0.1, 0.15) is 17.6 Å². The molecule has 0 saturated heterocycles. The molecule has 0 radical (unpaired) electrons. The second kappa shape index (κ2) is 8.19. The molecule has 0 aliphatic heterocycles. The van der Waals surface area contributed by atoms with Crippen molar-refractivity contribution in [2.45, 2.75) is 19.6 Å². The topological polar surface area (TPSA) is 67.8 Å². The Morgan fingerprint density at radius 1 is 1.17 bits per heavy atom. The summed E-state index contributed by atoms with van der Waals surface area (Å²) in [6, 6.07) is 14.3. The first-order chi connectivity index (χ1) is 11.1. The molecule has 2 N–H and O–H groups in total. The molecule has 0 aromatic heterocycles. The zero-order valence-electron chi connectivity index (χ0n) is 13.3. The minimum atomic E-state index is -0.912. The van der Waals surface area contributed by atoms with E-state index in [2.05, 4.69) is 5.32 Å². The Morgan fingerprint density at radius 2 is 1.87 bits per heavy atom. The maximum Gasteiger partial charge on any atom is 0.335 e. The highest BCUT2D eigenvalue weighted by Gasteiger charge is 2.05. The van der Waals surface area contributed by atoms with Gasteiger partial charge < -0.3 is 19.9 Å². The van der Waals surface area contributed by atoms with Crippen LogP contribution in [0.4, 0.5) is 0 Å². The number of aromatic carboxylic acids is 1. The summed E-state index contributed by atoms with van der Waals surface area (Å²) in [7, 11) is 1.62. The van der Waals surface area contributed by atoms with Gasteiger partial charge in [0.25, 0.3) is 0 Å². The first kappa shape index (κ1) is 16.8. The average molecular weight is 315 g/mol. The van der Waals surface area contributed by atoms with Crippen molar-refractivity contribution in [2.75, 3.05) is 13.7 Å². The maximum absolute atomic E-state index is 10.8. The molecule has 23 heavy (non-hydrogen) atoms. The molecule has 0 aliphatic rings. The van der Waals surface area contributed by atoms with Crippen molar-refractivity contribution in [3.05, 3.63) is 59.7 Å². The number of ether oxygens (including phenoxy) is 2. The van der Waals surface area contributed by atoms with Gasteiger partial charge in [-0.15, -0.1) is 0 Å². The molecule has 2 aromatic carbocycles. The van der Waals surface area contributed by atoms with E-state index >= 15 is 0 Å². The molecule has 2 aromatic rings. The van der Waals surface area contributed by atoms with Crippen molar-refractivity contribution < 1.29 is 19.4 Å². The van der Waals surface area contributed by atoms with Gasteiger partial charge in [-0.1, -0.05) is 18.2 Å². The van der Waals surface area contributed by atoms with Crippen LogP contribution in [0.3, 0.4) is 0 Å². The van der Waals surface area contributed by atoms with Crippen molar-refractivity contribution in [1.82, 2.24) is 5.32 Å². The second-order valence-corrected chi connectivity index (χ2v) is 5.24. The Balaban J connectivity index is 1.77. The second-order valence-electron chi connectivity index (χ2n) is 5.24. The number of hydrogen-bond donors (Lipinski definition) is 2. The van der Waals surface area contributed by atoms with Gasteiger partial charge in [0.2, 0.25) is 0 Å². The van der Waals surface area contributed by atoms with E-state index in [1.165, 1.54) is 0 Å². The lowest BCUT2D eigenvalue weighted by atomic mass is 10.1. The smallest absolute Gasteiger partial charge is 0.335 e. The third-order valence-electron chi connectivity index (χ3n) is 3.34. The van der Waals surface area contributed by atoms with Gasteiger partial charge in [-0.25, -0.2) is 4.79 Å². The van der Waals surface area contributed by atoms with Crippen LogP contribution in [0, 0.1) is 0 Å². The molecule has 122 valence electrons. The van der Waals surface area contributed by atoms with Crippen molar-refractivity contribution in [3.8, 4) is 11.5 Å². The standard InChI is InChI=1S/C18H21NO4/c1-13(23-17-5-3-4-16(10-17)22-2)11-19-12-14-6-8-15(9-7-14)18(20)21/h3-10,13,19H,11-12H2,1-2H3,(H,20,21). The summed E-state index contributed by atoms with van der Waals surface area (Å²) >= 11 is 0. The molecule has 5 heteroatoms. The van der Waals surface area contributed by atoms with E-state index in [-0.39, 0.29) is 6.10 Å². The van der Waals surface area contributed by atoms with E-state index in [1.807, 2.05) is 43.3 Å². The molecule has 0 amide bonds. The predicted octanol–water partition coefficient (Wildman–Crippen LogP) is 2.95. The fourth-order valence-electron chi connectivity index (χ4n) is 2.13. The number of methoxy groups -OCH3 is 1. The molecular weight excluding hydrogens is 294 g/mol. The number of carboxylic acid groups (broad SMARTS) is 1. The Kier molecular flexibility index (Phi) is 6.00. The number of carbonyl (C=O) groups is 1. The average Bonchev–Trinajstić information content (AvgIpc) is 2.55. The van der Waals surface area contributed by atoms with E-state index in [4.69, 9.17) is 14.6 Å². The lowest BCUT2D eigenvalue weighted by Crippen LogP contribution is -2.28. The van der Waals surface area contributed by atoms with Crippen molar-refractivity contribution in [2.24, 2.45) is 0 Å². The molecule has 5 nitrogen and oxygen atoms in total. The number of nitrogens with one attached hydrogen (secondary N) is 1. The first-order valence-electron chi connectivity index (χ1n) is 7.42. The molecule has 0 spiro atoms. The van der Waals surface area contributed by atoms with Crippen LogP contribution in [0.1, 0.15) is 22.8 Å². The molecular formula is C18H21NO4. The van der Waals surface area contributed by atoms with Crippen LogP contribution in [0.25, 0.3) is 0 Å². The van der Waals surface area contributed by atoms with Gasteiger partial charge in [-0.3, -0.25) is 0 Å². The lowest BCUT2D eigenvalue weighted by Gasteiger charge is -2.16. The van der Waals surface area contributed by atoms with Crippen LogP contribution in [-0.2, 0) is 6.54 Å². The monoisotopic (exact) mass is 315 g/mol. The number of benzene rings is 2. The maximum atomic E-state index is 10.8. The molecule has 2 rings (SSSR count). The molecule has 0 heterocycles. The van der Waals surface area contributed by atoms with Crippen molar-refractivity contribution in [1.29, 1.82) is 0 Å². The van der Waals surface area contributed by atoms with Crippen molar-refractivity contribution >= 4 is 5.97 Å². The third-order valence-corrected chi connectivity index (χ3v) is 3.34. The summed E-state index contributed by atoms with van der Waals surface area (Å²) in [5.41, 5.74) is 1.33. The largest absolute Gasteiger partial charge is 0.497 e. The fourth-order valence-corrected chi connectivity index (χ4v) is 2.13. The Morgan fingerprint density at radius 3 is 2.52 bits per heavy atom. The Hall–Kier alpha value is -2.53. The highest BCUT2D eigenvalue weighted by atomic mass is 16.5. The zero-order chi connectivity index (χ0) is 16.7. The summed E-state index contributed by atoms with van der Waals surface area (Å²) < 4.78 is 11.0. The highest BCUT2D eigenvalue weighted by Crippen LogP contribution is 2.19. The molecule has 0 fully saturated rings. The van der Waals surface area contributed by atoms with Gasteiger partial charge in [0.15, 0.2) is 0 Å². The van der Waals surface area contributed by atoms with Crippen LogP contribution < -0.4 is 14.8 Å². The van der Waals surface area contributed by atoms with E-state index < -0.39 is 5.97 Å². The van der Waals surface area contributed by atoms with Crippen LogP contribution in [0.2, 0.25) is 0 Å². The fraction of sp³-hybridized carbons (Fsp3) is 0.278. The molecule has 1 unspecified atom stereocenters. The van der Waals surface area contributed by atoms with Gasteiger partial charge in [0.05, 0.1) is 12.7 Å². The molecule has 0 saturated carbocycles. The molecule has 1 atom stereocenters. The lowest BCUT2D eigenvalue weighted by molar-refractivity contribution is 0.0697. The Bertz CT molecular complexity index is 640. The normalized spacial score (nSPS) is 11.7. The summed E-state index contributed by atoms with van der Waals surface area (Å²) in [6.07, 6.45) is 0.000369. The SMILES string of the molecule is COc1cccc(OC(C)CNCc2ccc(C(=O)O)cc2)c1. The molecule has 0 bridgehead atoms. The van der Waals surface area contributed by atoms with E-state index in [0.29, 0.717) is 18.7 Å². The Labute approximate surface area is 135 Å². The quantitative estimate of drug-likeness (QED) is 0.784. The summed E-state index contributed by atoms with van der Waals surface area (Å²) in [5.74, 6) is 0.621. The van der Waals surface area contributed by atoms with Crippen LogP contribution in [0.5, 0.6) is 11.5 Å². The first-order valence-corrected chi connectivity index (χ1v) is 7.42. The van der Waals surface area contributed by atoms with Gasteiger partial charge >= 0.3 is 5.97 Å². The third kappa shape index (κ3) is 5.30. The van der Waals surface area contributed by atoms with E-state index in [1.54, 1.807) is 19.2 Å². The van der Waals surface area contributed by atoms with Gasteiger partial charge in [-0.2, -0.15) is 0 Å². The minimum Gasteiger partial charge on any atom is -0.497 e. The summed E-state index contributed by atoms with van der Waals surface area (Å²) in [5, 5.41) is 12.2. The zero-order valence-corrected chi connectivity index (χ0v) is 13.3. The predicted molar refractivity (Wildman–Crippen MR) is 88.2 cm³/mol. The summed E-state index contributed by atoms with van der Waals surface area (Å²) in [6.45, 7) is 3.32. The molecule has 0 aliphatic carbocycles. The van der Waals surface area contributed by atoms with Crippen molar-refractivity contribution in [3.63, 3.8) is 0 Å². The van der Waals surface area contributed by atoms with Crippen LogP contribution >= 0.6 is 0 Å². The summed E-state index contributed by atoms with van der Waals surface area (Å²) in [4.78, 5) is 10.8. The highest BCUT2D eigenvalue weighted by molar-refractivity contribution is 5.87. The number of rotatable bonds is 8. The van der Waals surface area contributed by atoms with Crippen LogP contribution in [0.15, 0.2) is 48.5 Å². The number of carboxylic acids is 1. The van der Waals surface area contributed by atoms with Gasteiger partial charge in [0, 0.05) is 19.2 Å².